The van der Waals surface area contributed by atoms with Crippen LogP contribution in [-0.4, -0.2) is 29.1 Å². The van der Waals surface area contributed by atoms with Crippen molar-refractivity contribution in [3.8, 4) is 11.5 Å². The number of halogens is 3. The number of carbonyl (C=O) groups is 1. The molecule has 0 spiro atoms. The number of nitrogens with zero attached hydrogens (tertiary/aromatic N) is 1. The van der Waals surface area contributed by atoms with Gasteiger partial charge in [-0.1, -0.05) is 0 Å². The Morgan fingerprint density at radius 3 is 2.55 bits per heavy atom. The first-order valence-electron chi connectivity index (χ1n) is 6.44. The van der Waals surface area contributed by atoms with E-state index < -0.39 is 17.6 Å². The molecular formula is C14H13F3N2O3. The average molecular weight is 314 g/mol. The lowest BCUT2D eigenvalue weighted by Crippen LogP contribution is -2.25. The van der Waals surface area contributed by atoms with E-state index in [1.54, 1.807) is 0 Å². The van der Waals surface area contributed by atoms with Crippen molar-refractivity contribution in [1.82, 2.24) is 10.3 Å². The number of alkyl halides is 3. The van der Waals surface area contributed by atoms with Gasteiger partial charge in [0.15, 0.2) is 5.69 Å². The Kier molecular flexibility index (Phi) is 4.81. The Labute approximate surface area is 123 Å². The molecule has 0 saturated heterocycles. The number of aromatic nitrogens is 1. The lowest BCUT2D eigenvalue weighted by Gasteiger charge is -2.06. The van der Waals surface area contributed by atoms with Crippen LogP contribution in [0.4, 0.5) is 13.2 Å². The number of hydrogen-bond acceptors (Lipinski definition) is 4. The minimum Gasteiger partial charge on any atom is -0.444 e. The van der Waals surface area contributed by atoms with Crippen LogP contribution in [0.2, 0.25) is 0 Å². The van der Waals surface area contributed by atoms with E-state index in [0.29, 0.717) is 12.0 Å². The van der Waals surface area contributed by atoms with Gasteiger partial charge in [0.2, 0.25) is 5.89 Å². The first-order valence-corrected chi connectivity index (χ1v) is 6.44. The summed E-state index contributed by atoms with van der Waals surface area (Å²) in [6.07, 6.45) is -2.87. The van der Waals surface area contributed by atoms with E-state index in [4.69, 9.17) is 9.52 Å². The van der Waals surface area contributed by atoms with Crippen molar-refractivity contribution in [3.63, 3.8) is 0 Å². The average Bonchev–Trinajstić information content (AvgIpc) is 2.96. The summed E-state index contributed by atoms with van der Waals surface area (Å²) in [4.78, 5) is 15.6. The minimum absolute atomic E-state index is 0.0211. The van der Waals surface area contributed by atoms with Crippen LogP contribution in [0.1, 0.15) is 22.5 Å². The molecule has 8 heteroatoms. The molecule has 0 saturated carbocycles. The van der Waals surface area contributed by atoms with Gasteiger partial charge >= 0.3 is 6.18 Å². The summed E-state index contributed by atoms with van der Waals surface area (Å²) in [5.74, 6) is -0.420. The molecule has 0 bridgehead atoms. The van der Waals surface area contributed by atoms with Gasteiger partial charge in [-0.05, 0) is 30.7 Å². The van der Waals surface area contributed by atoms with E-state index >= 15 is 0 Å². The van der Waals surface area contributed by atoms with Crippen molar-refractivity contribution in [1.29, 1.82) is 0 Å². The van der Waals surface area contributed by atoms with E-state index in [0.717, 1.165) is 18.4 Å². The van der Waals surface area contributed by atoms with Gasteiger partial charge in [-0.2, -0.15) is 13.2 Å². The Morgan fingerprint density at radius 2 is 1.95 bits per heavy atom. The molecule has 1 aromatic heterocycles. The quantitative estimate of drug-likeness (QED) is 0.831. The van der Waals surface area contributed by atoms with Gasteiger partial charge in [-0.3, -0.25) is 4.79 Å². The highest BCUT2D eigenvalue weighted by atomic mass is 19.4. The number of benzene rings is 1. The molecular weight excluding hydrogens is 301 g/mol. The third-order valence-electron chi connectivity index (χ3n) is 2.82. The molecule has 0 aliphatic heterocycles. The summed E-state index contributed by atoms with van der Waals surface area (Å²) in [5.41, 5.74) is -0.417. The zero-order chi connectivity index (χ0) is 16.2. The second kappa shape index (κ2) is 6.61. The molecule has 0 radical (unpaired) electrons. The summed E-state index contributed by atoms with van der Waals surface area (Å²) in [5, 5.41) is 11.1. The number of hydrogen-bond donors (Lipinski definition) is 2. The zero-order valence-electron chi connectivity index (χ0n) is 11.4. The predicted molar refractivity (Wildman–Crippen MR) is 71.0 cm³/mol. The zero-order valence-corrected chi connectivity index (χ0v) is 11.4. The molecule has 5 nitrogen and oxygen atoms in total. The fourth-order valence-corrected chi connectivity index (χ4v) is 1.68. The SMILES string of the molecule is O=C(NCCCO)c1coc(-c2ccc(C(F)(F)F)cc2)n1. The molecule has 0 unspecified atom stereocenters. The summed E-state index contributed by atoms with van der Waals surface area (Å²) in [7, 11) is 0. The molecule has 2 aromatic rings. The monoisotopic (exact) mass is 314 g/mol. The molecule has 2 N–H and O–H groups in total. The topological polar surface area (TPSA) is 75.4 Å². The number of aliphatic hydroxyl groups is 1. The highest BCUT2D eigenvalue weighted by molar-refractivity contribution is 5.92. The first kappa shape index (κ1) is 16.0. The minimum atomic E-state index is -4.41. The highest BCUT2D eigenvalue weighted by Crippen LogP contribution is 2.30. The Morgan fingerprint density at radius 1 is 1.27 bits per heavy atom. The fourth-order valence-electron chi connectivity index (χ4n) is 1.68. The smallest absolute Gasteiger partial charge is 0.416 e. The second-order valence-corrected chi connectivity index (χ2v) is 4.45. The van der Waals surface area contributed by atoms with Crippen LogP contribution >= 0.6 is 0 Å². The van der Waals surface area contributed by atoms with Crippen molar-refractivity contribution in [2.75, 3.05) is 13.2 Å². The van der Waals surface area contributed by atoms with Crippen LogP contribution in [-0.2, 0) is 6.18 Å². The van der Waals surface area contributed by atoms with Gasteiger partial charge in [0, 0.05) is 18.7 Å². The van der Waals surface area contributed by atoms with Crippen LogP contribution < -0.4 is 5.32 Å². The van der Waals surface area contributed by atoms with E-state index in [1.165, 1.54) is 12.1 Å². The third kappa shape index (κ3) is 3.85. The molecule has 0 aliphatic carbocycles. The van der Waals surface area contributed by atoms with E-state index in [9.17, 15) is 18.0 Å². The van der Waals surface area contributed by atoms with Gasteiger partial charge in [-0.25, -0.2) is 4.98 Å². The van der Waals surface area contributed by atoms with Gasteiger partial charge in [-0.15, -0.1) is 0 Å². The summed E-state index contributed by atoms with van der Waals surface area (Å²) in [6.45, 7) is 0.244. The van der Waals surface area contributed by atoms with Crippen LogP contribution in [0.3, 0.4) is 0 Å². The van der Waals surface area contributed by atoms with Crippen LogP contribution in [0.25, 0.3) is 11.5 Å². The summed E-state index contributed by atoms with van der Waals surface area (Å²) >= 11 is 0. The Balaban J connectivity index is 2.09. The molecule has 1 aromatic carbocycles. The van der Waals surface area contributed by atoms with Crippen LogP contribution in [0, 0.1) is 0 Å². The maximum atomic E-state index is 12.5. The van der Waals surface area contributed by atoms with Crippen LogP contribution in [0.5, 0.6) is 0 Å². The van der Waals surface area contributed by atoms with Crippen molar-refractivity contribution in [3.05, 3.63) is 41.8 Å². The molecule has 0 fully saturated rings. The van der Waals surface area contributed by atoms with E-state index in [-0.39, 0.29) is 24.7 Å². The van der Waals surface area contributed by atoms with Crippen molar-refractivity contribution in [2.45, 2.75) is 12.6 Å². The van der Waals surface area contributed by atoms with Gasteiger partial charge in [0.1, 0.15) is 6.26 Å². The van der Waals surface area contributed by atoms with Gasteiger partial charge < -0.3 is 14.8 Å². The first-order chi connectivity index (χ1) is 10.4. The largest absolute Gasteiger partial charge is 0.444 e. The molecule has 1 heterocycles. The standard InChI is InChI=1S/C14H13F3N2O3/c15-14(16,17)10-4-2-9(3-5-10)13-19-11(8-22-13)12(21)18-6-1-7-20/h2-5,8,20H,1,6-7H2,(H,18,21). The molecule has 2 rings (SSSR count). The van der Waals surface area contributed by atoms with Crippen LogP contribution in [0.15, 0.2) is 34.9 Å². The lowest BCUT2D eigenvalue weighted by atomic mass is 10.1. The lowest BCUT2D eigenvalue weighted by molar-refractivity contribution is -0.137. The third-order valence-corrected chi connectivity index (χ3v) is 2.82. The molecule has 1 amide bonds. The highest BCUT2D eigenvalue weighted by Gasteiger charge is 2.30. The number of carbonyl (C=O) groups excluding carboxylic acids is 1. The number of rotatable bonds is 5. The Bertz CT molecular complexity index is 636. The number of nitrogens with one attached hydrogen (secondary N) is 1. The number of aliphatic hydroxyl groups excluding tert-OH is 1. The second-order valence-electron chi connectivity index (χ2n) is 4.45. The number of oxazole rings is 1. The summed E-state index contributed by atoms with van der Waals surface area (Å²) in [6, 6.07) is 4.28. The predicted octanol–water partition coefficient (Wildman–Crippen LogP) is 2.47. The van der Waals surface area contributed by atoms with E-state index in [1.807, 2.05) is 0 Å². The number of amides is 1. The van der Waals surface area contributed by atoms with Gasteiger partial charge in [0.25, 0.3) is 5.91 Å². The molecule has 22 heavy (non-hydrogen) atoms. The van der Waals surface area contributed by atoms with Crippen molar-refractivity contribution in [2.24, 2.45) is 0 Å². The molecule has 0 aliphatic rings. The molecule has 0 atom stereocenters. The fraction of sp³-hybridized carbons (Fsp3) is 0.286. The normalized spacial score (nSPS) is 11.5. The van der Waals surface area contributed by atoms with Crippen molar-refractivity contribution < 1.29 is 27.5 Å². The molecule has 118 valence electrons. The van der Waals surface area contributed by atoms with Gasteiger partial charge in [0.05, 0.1) is 5.56 Å². The van der Waals surface area contributed by atoms with E-state index in [2.05, 4.69) is 10.3 Å². The van der Waals surface area contributed by atoms with Crippen molar-refractivity contribution >= 4 is 5.91 Å². The summed E-state index contributed by atoms with van der Waals surface area (Å²) < 4.78 is 42.5. The maximum absolute atomic E-state index is 12.5. The Hall–Kier alpha value is -2.35. The maximum Gasteiger partial charge on any atom is 0.416 e.